The number of anilines is 1. The van der Waals surface area contributed by atoms with Crippen LogP contribution in [0.1, 0.15) is 5.56 Å². The fourth-order valence-corrected chi connectivity index (χ4v) is 4.10. The number of sulfone groups is 1. The predicted octanol–water partition coefficient (Wildman–Crippen LogP) is 2.97. The molecule has 0 bridgehead atoms. The molecule has 9 heteroatoms. The molecule has 0 fully saturated rings. The molecule has 0 saturated heterocycles. The minimum absolute atomic E-state index is 0.277. The van der Waals surface area contributed by atoms with E-state index >= 15 is 0 Å². The van der Waals surface area contributed by atoms with Crippen molar-refractivity contribution in [1.82, 2.24) is 15.2 Å². The number of nitrogens with one attached hydrogen (secondary N) is 2. The van der Waals surface area contributed by atoms with Crippen molar-refractivity contribution in [2.75, 3.05) is 11.6 Å². The first-order valence-corrected chi connectivity index (χ1v) is 11.1. The summed E-state index contributed by atoms with van der Waals surface area (Å²) in [4.78, 5) is 4.84. The highest BCUT2D eigenvalue weighted by molar-refractivity contribution is 7.90. The van der Waals surface area contributed by atoms with E-state index in [2.05, 4.69) is 20.5 Å². The molecule has 150 valence electrons. The van der Waals surface area contributed by atoms with Gasteiger partial charge < -0.3 is 9.73 Å². The highest BCUT2D eigenvalue weighted by atomic mass is 32.2. The van der Waals surface area contributed by atoms with E-state index < -0.39 is 9.84 Å². The number of aromatic nitrogens is 4. The van der Waals surface area contributed by atoms with Gasteiger partial charge in [-0.2, -0.15) is 9.50 Å². The van der Waals surface area contributed by atoms with Crippen LogP contribution in [-0.2, 0) is 16.4 Å². The van der Waals surface area contributed by atoms with Crippen LogP contribution in [-0.4, -0.2) is 29.9 Å². The highest BCUT2D eigenvalue weighted by Crippen LogP contribution is 2.24. The Bertz CT molecular complexity index is 1470. The van der Waals surface area contributed by atoms with Crippen molar-refractivity contribution < 1.29 is 17.2 Å². The second kappa shape index (κ2) is 6.96. The molecule has 30 heavy (non-hydrogen) atoms. The fourth-order valence-electron chi connectivity index (χ4n) is 3.47. The molecule has 5 rings (SSSR count). The third-order valence-electron chi connectivity index (χ3n) is 5.00. The topological polar surface area (TPSA) is 105 Å². The first kappa shape index (κ1) is 18.3. The van der Waals surface area contributed by atoms with Crippen LogP contribution in [0.4, 0.5) is 5.95 Å². The largest absolute Gasteiger partial charge is 0.464 e. The van der Waals surface area contributed by atoms with Crippen LogP contribution in [0, 0.1) is 0 Å². The van der Waals surface area contributed by atoms with E-state index in [0.29, 0.717) is 12.5 Å². The summed E-state index contributed by atoms with van der Waals surface area (Å²) in [6, 6.07) is 14.6. The zero-order valence-corrected chi connectivity index (χ0v) is 16.8. The van der Waals surface area contributed by atoms with Gasteiger partial charge in [-0.25, -0.2) is 8.42 Å². The molecule has 5 aromatic rings. The van der Waals surface area contributed by atoms with E-state index in [0.717, 1.165) is 33.3 Å². The van der Waals surface area contributed by atoms with Crippen molar-refractivity contribution in [3.63, 3.8) is 0 Å². The number of H-pyrrole nitrogens is 1. The lowest BCUT2D eigenvalue weighted by Crippen LogP contribution is -2.27. The van der Waals surface area contributed by atoms with Crippen molar-refractivity contribution >= 4 is 32.4 Å². The molecule has 2 N–H and O–H groups in total. The molecule has 0 saturated carbocycles. The maximum Gasteiger partial charge on any atom is 0.325 e. The molecule has 8 nitrogen and oxygen atoms in total. The van der Waals surface area contributed by atoms with Crippen molar-refractivity contribution in [3.8, 4) is 11.1 Å². The quantitative estimate of drug-likeness (QED) is 0.424. The van der Waals surface area contributed by atoms with Gasteiger partial charge in [0.05, 0.1) is 29.5 Å². The molecular weight excluding hydrogens is 402 g/mol. The number of furan rings is 1. The van der Waals surface area contributed by atoms with Gasteiger partial charge in [0.1, 0.15) is 5.58 Å². The van der Waals surface area contributed by atoms with Crippen LogP contribution in [0.2, 0.25) is 0 Å². The van der Waals surface area contributed by atoms with Gasteiger partial charge in [-0.05, 0) is 40.5 Å². The van der Waals surface area contributed by atoms with Gasteiger partial charge in [-0.1, -0.05) is 24.3 Å². The first-order valence-electron chi connectivity index (χ1n) is 9.24. The van der Waals surface area contributed by atoms with Gasteiger partial charge in [0.15, 0.2) is 9.84 Å². The van der Waals surface area contributed by atoms with Gasteiger partial charge >= 0.3 is 5.95 Å². The summed E-state index contributed by atoms with van der Waals surface area (Å²) in [5.74, 6) is 0.635. The van der Waals surface area contributed by atoms with Crippen LogP contribution >= 0.6 is 0 Å². The Labute approximate surface area is 172 Å². The van der Waals surface area contributed by atoms with Gasteiger partial charge in [-0.15, -0.1) is 4.98 Å². The maximum atomic E-state index is 11.7. The molecule has 0 aliphatic rings. The molecule has 0 atom stereocenters. The Morgan fingerprint density at radius 3 is 2.77 bits per heavy atom. The molecule has 2 aromatic carbocycles. The summed E-state index contributed by atoms with van der Waals surface area (Å²) in [6.45, 7) is 0.569. The summed E-state index contributed by atoms with van der Waals surface area (Å²) >= 11 is 0. The summed E-state index contributed by atoms with van der Waals surface area (Å²) in [7, 11) is -3.24. The van der Waals surface area contributed by atoms with Gasteiger partial charge in [0.25, 0.3) is 0 Å². The molecule has 3 aromatic heterocycles. The number of fused-ring (bicyclic) bond motifs is 2. The zero-order chi connectivity index (χ0) is 20.7. The van der Waals surface area contributed by atoms with Crippen LogP contribution in [0.15, 0.2) is 76.6 Å². The van der Waals surface area contributed by atoms with E-state index in [9.17, 15) is 8.42 Å². The molecule has 0 aliphatic carbocycles. The summed E-state index contributed by atoms with van der Waals surface area (Å²) in [5.41, 5.74) is 4.35. The third kappa shape index (κ3) is 3.18. The molecule has 0 radical (unpaired) electrons. The van der Waals surface area contributed by atoms with Crippen LogP contribution in [0.5, 0.6) is 0 Å². The zero-order valence-electron chi connectivity index (χ0n) is 16.0. The van der Waals surface area contributed by atoms with Crippen molar-refractivity contribution in [2.45, 2.75) is 11.4 Å². The van der Waals surface area contributed by atoms with E-state index in [4.69, 9.17) is 4.42 Å². The normalized spacial score (nSPS) is 11.9. The Kier molecular flexibility index (Phi) is 4.25. The van der Waals surface area contributed by atoms with E-state index in [1.165, 1.54) is 6.26 Å². The predicted molar refractivity (Wildman–Crippen MR) is 112 cm³/mol. The summed E-state index contributed by atoms with van der Waals surface area (Å²) < 4.78 is 30.7. The molecule has 0 unspecified atom stereocenters. The van der Waals surface area contributed by atoms with E-state index in [1.54, 1.807) is 43.1 Å². The lowest BCUT2D eigenvalue weighted by Gasteiger charge is -2.06. The monoisotopic (exact) mass is 420 g/mol. The number of hydrogen-bond acceptors (Lipinski definition) is 6. The van der Waals surface area contributed by atoms with Gasteiger partial charge in [0.2, 0.25) is 12.0 Å². The van der Waals surface area contributed by atoms with Gasteiger partial charge in [0, 0.05) is 11.6 Å². The SMILES string of the molecule is CS(=O)(=O)c1ccc(-c2cnc(NCc3cccc4occc34)[n+]3cn[nH]c23)cc1. The third-order valence-corrected chi connectivity index (χ3v) is 6.13. The second-order valence-corrected chi connectivity index (χ2v) is 8.99. The van der Waals surface area contributed by atoms with Crippen molar-refractivity contribution in [1.29, 1.82) is 0 Å². The number of nitrogens with zero attached hydrogens (tertiary/aromatic N) is 3. The fraction of sp³-hybridized carbons (Fsp3) is 0.0952. The maximum absolute atomic E-state index is 11.7. The standard InChI is InChI=1S/C21H17N5O3S/c1-30(27,28)16-7-5-14(6-8-16)18-12-23-21(26-13-24-25-20(18)26)22-11-15-3-2-4-19-17(15)9-10-29-19/h2-10,12-13H,11H2,1H3,(H,22,23,25)/p+1. The van der Waals surface area contributed by atoms with Crippen molar-refractivity contribution in [2.24, 2.45) is 0 Å². The lowest BCUT2D eigenvalue weighted by molar-refractivity contribution is -0.499. The average Bonchev–Trinajstić information content (AvgIpc) is 3.41. The first-order chi connectivity index (χ1) is 14.5. The Morgan fingerprint density at radius 1 is 1.13 bits per heavy atom. The molecule has 3 heterocycles. The number of rotatable bonds is 5. The Morgan fingerprint density at radius 2 is 1.97 bits per heavy atom. The van der Waals surface area contributed by atoms with Crippen molar-refractivity contribution in [3.05, 3.63) is 72.9 Å². The minimum atomic E-state index is -3.24. The Hall–Kier alpha value is -3.72. The smallest absolute Gasteiger partial charge is 0.325 e. The summed E-state index contributed by atoms with van der Waals surface area (Å²) in [5, 5.41) is 11.6. The average molecular weight is 420 g/mol. The van der Waals surface area contributed by atoms with Crippen LogP contribution in [0.3, 0.4) is 0 Å². The number of aromatic amines is 1. The van der Waals surface area contributed by atoms with Gasteiger partial charge in [-0.3, -0.25) is 0 Å². The number of hydrogen-bond donors (Lipinski definition) is 2. The molecule has 0 spiro atoms. The van der Waals surface area contributed by atoms with Crippen LogP contribution in [0.25, 0.3) is 27.7 Å². The Balaban J connectivity index is 1.48. The van der Waals surface area contributed by atoms with E-state index in [-0.39, 0.29) is 4.90 Å². The second-order valence-electron chi connectivity index (χ2n) is 6.97. The lowest BCUT2D eigenvalue weighted by atomic mass is 10.1. The van der Waals surface area contributed by atoms with Crippen LogP contribution < -0.4 is 9.72 Å². The molecular formula is C21H18N5O3S+. The molecule has 0 amide bonds. The summed E-state index contributed by atoms with van der Waals surface area (Å²) in [6.07, 6.45) is 6.26. The highest BCUT2D eigenvalue weighted by Gasteiger charge is 2.17. The number of benzene rings is 2. The molecule has 0 aliphatic heterocycles. The van der Waals surface area contributed by atoms with E-state index in [1.807, 2.05) is 28.7 Å². The minimum Gasteiger partial charge on any atom is -0.464 e.